The Hall–Kier alpha value is -2.63. The fourth-order valence-corrected chi connectivity index (χ4v) is 2.83. The van der Waals surface area contributed by atoms with E-state index >= 15 is 0 Å². The van der Waals surface area contributed by atoms with E-state index in [0.29, 0.717) is 28.9 Å². The van der Waals surface area contributed by atoms with Crippen LogP contribution in [0.4, 0.5) is 23.0 Å². The number of carbonyl (C=O) groups excluding carboxylic acids is 1. The van der Waals surface area contributed by atoms with Gasteiger partial charge in [-0.2, -0.15) is 0 Å². The van der Waals surface area contributed by atoms with E-state index in [0.717, 1.165) is 18.5 Å². The lowest BCUT2D eigenvalue weighted by Crippen LogP contribution is -2.17. The summed E-state index contributed by atoms with van der Waals surface area (Å²) >= 11 is 0. The highest BCUT2D eigenvalue weighted by Gasteiger charge is 2.17. The summed E-state index contributed by atoms with van der Waals surface area (Å²) in [6.07, 6.45) is 6.27. The minimum absolute atomic E-state index is 0.0212. The molecule has 0 amide bonds. The second-order valence-corrected chi connectivity index (χ2v) is 5.87. The van der Waals surface area contributed by atoms with Gasteiger partial charge in [-0.1, -0.05) is 25.0 Å². The van der Waals surface area contributed by atoms with Crippen molar-refractivity contribution in [3.05, 3.63) is 36.2 Å². The molecule has 0 saturated heterocycles. The third-order valence-corrected chi connectivity index (χ3v) is 4.11. The number of benzene rings is 1. The number of Topliss-reactive ketones (excluding diaryl/α,β-unsaturated/α-hetero) is 1. The first kappa shape index (κ1) is 15.3. The topological polar surface area (TPSA) is 92.9 Å². The van der Waals surface area contributed by atoms with E-state index in [4.69, 9.17) is 5.73 Å². The highest BCUT2D eigenvalue weighted by Crippen LogP contribution is 2.29. The molecule has 4 N–H and O–H groups in total. The molecule has 0 spiro atoms. The van der Waals surface area contributed by atoms with E-state index in [-0.39, 0.29) is 5.78 Å². The molecule has 3 rings (SSSR count). The average Bonchev–Trinajstić information content (AvgIpc) is 3.04. The molecular formula is C17H21N5O. The Kier molecular flexibility index (Phi) is 4.41. The van der Waals surface area contributed by atoms with Gasteiger partial charge in [-0.15, -0.1) is 0 Å². The quantitative estimate of drug-likeness (QED) is 0.733. The summed E-state index contributed by atoms with van der Waals surface area (Å²) in [4.78, 5) is 19.9. The van der Waals surface area contributed by atoms with Gasteiger partial charge >= 0.3 is 0 Å². The molecular weight excluding hydrogens is 290 g/mol. The Bertz CT molecular complexity index is 710. The van der Waals surface area contributed by atoms with E-state index in [1.54, 1.807) is 19.1 Å². The summed E-state index contributed by atoms with van der Waals surface area (Å²) in [7, 11) is 0. The molecule has 1 aliphatic carbocycles. The van der Waals surface area contributed by atoms with E-state index in [9.17, 15) is 4.79 Å². The second kappa shape index (κ2) is 6.64. The van der Waals surface area contributed by atoms with Crippen LogP contribution in [0.15, 0.2) is 30.6 Å². The molecule has 2 aromatic rings. The summed E-state index contributed by atoms with van der Waals surface area (Å²) in [5.74, 6) is 1.23. The molecule has 0 bridgehead atoms. The van der Waals surface area contributed by atoms with Crippen molar-refractivity contribution in [1.29, 1.82) is 0 Å². The maximum atomic E-state index is 11.5. The van der Waals surface area contributed by atoms with Crippen molar-refractivity contribution in [1.82, 2.24) is 9.97 Å². The molecule has 1 saturated carbocycles. The first-order valence-electron chi connectivity index (χ1n) is 7.88. The predicted molar refractivity (Wildman–Crippen MR) is 92.1 cm³/mol. The van der Waals surface area contributed by atoms with Crippen LogP contribution in [0.2, 0.25) is 0 Å². The van der Waals surface area contributed by atoms with Crippen molar-refractivity contribution in [2.45, 2.75) is 38.6 Å². The second-order valence-electron chi connectivity index (χ2n) is 5.87. The highest BCUT2D eigenvalue weighted by molar-refractivity contribution is 5.95. The number of anilines is 4. The first-order valence-corrected chi connectivity index (χ1v) is 7.88. The van der Waals surface area contributed by atoms with Crippen LogP contribution in [-0.4, -0.2) is 21.8 Å². The van der Waals surface area contributed by atoms with Crippen LogP contribution in [0.1, 0.15) is 43.0 Å². The van der Waals surface area contributed by atoms with Crippen LogP contribution in [-0.2, 0) is 0 Å². The molecule has 1 aliphatic rings. The van der Waals surface area contributed by atoms with Crippen molar-refractivity contribution in [3.8, 4) is 0 Å². The molecule has 1 aromatic carbocycles. The number of nitrogens with one attached hydrogen (secondary N) is 2. The summed E-state index contributed by atoms with van der Waals surface area (Å²) in [5, 5.41) is 6.56. The molecule has 0 radical (unpaired) electrons. The van der Waals surface area contributed by atoms with Gasteiger partial charge in [0.25, 0.3) is 0 Å². The Morgan fingerprint density at radius 2 is 1.96 bits per heavy atom. The number of aromatic nitrogens is 2. The maximum absolute atomic E-state index is 11.5. The minimum atomic E-state index is 0.0212. The predicted octanol–water partition coefficient (Wildman–Crippen LogP) is 3.36. The van der Waals surface area contributed by atoms with Gasteiger partial charge in [0.2, 0.25) is 0 Å². The van der Waals surface area contributed by atoms with Crippen molar-refractivity contribution >= 4 is 28.8 Å². The zero-order valence-corrected chi connectivity index (χ0v) is 13.2. The molecule has 6 heteroatoms. The number of nitrogens with zero attached hydrogens (tertiary/aromatic N) is 2. The number of nitrogen functional groups attached to an aromatic ring is 1. The van der Waals surface area contributed by atoms with Crippen LogP contribution >= 0.6 is 0 Å². The molecule has 120 valence electrons. The monoisotopic (exact) mass is 311 g/mol. The SMILES string of the molecule is CC(=O)c1cccc(Nc2ncnc(NC3CCCC3)c2N)c1. The highest BCUT2D eigenvalue weighted by atomic mass is 16.1. The molecule has 0 unspecified atom stereocenters. The largest absolute Gasteiger partial charge is 0.393 e. The molecule has 1 fully saturated rings. The summed E-state index contributed by atoms with van der Waals surface area (Å²) in [6.45, 7) is 1.54. The number of rotatable bonds is 5. The van der Waals surface area contributed by atoms with Crippen LogP contribution in [0.5, 0.6) is 0 Å². The lowest BCUT2D eigenvalue weighted by molar-refractivity contribution is 0.101. The van der Waals surface area contributed by atoms with Gasteiger partial charge in [0.15, 0.2) is 17.4 Å². The van der Waals surface area contributed by atoms with Crippen molar-refractivity contribution in [2.24, 2.45) is 0 Å². The smallest absolute Gasteiger partial charge is 0.159 e. The van der Waals surface area contributed by atoms with Crippen molar-refractivity contribution < 1.29 is 4.79 Å². The van der Waals surface area contributed by atoms with Crippen LogP contribution in [0, 0.1) is 0 Å². The third-order valence-electron chi connectivity index (χ3n) is 4.11. The van der Waals surface area contributed by atoms with Gasteiger partial charge in [-0.25, -0.2) is 9.97 Å². The fraction of sp³-hybridized carbons (Fsp3) is 0.353. The molecule has 0 aliphatic heterocycles. The molecule has 6 nitrogen and oxygen atoms in total. The Morgan fingerprint density at radius 3 is 2.70 bits per heavy atom. The fourth-order valence-electron chi connectivity index (χ4n) is 2.83. The van der Waals surface area contributed by atoms with Gasteiger partial charge in [0, 0.05) is 17.3 Å². The van der Waals surface area contributed by atoms with Gasteiger partial charge in [0.1, 0.15) is 12.0 Å². The van der Waals surface area contributed by atoms with Crippen LogP contribution in [0.25, 0.3) is 0 Å². The summed E-state index contributed by atoms with van der Waals surface area (Å²) < 4.78 is 0. The normalized spacial score (nSPS) is 14.7. The van der Waals surface area contributed by atoms with Gasteiger partial charge in [0.05, 0.1) is 0 Å². The summed E-state index contributed by atoms with van der Waals surface area (Å²) in [6, 6.07) is 7.70. The Balaban J connectivity index is 1.80. The van der Waals surface area contributed by atoms with Crippen LogP contribution < -0.4 is 16.4 Å². The number of nitrogens with two attached hydrogens (primary N) is 1. The number of hydrogen-bond donors (Lipinski definition) is 3. The van der Waals surface area contributed by atoms with Gasteiger partial charge in [-0.3, -0.25) is 4.79 Å². The molecule has 23 heavy (non-hydrogen) atoms. The summed E-state index contributed by atoms with van der Waals surface area (Å²) in [5.41, 5.74) is 8.10. The first-order chi connectivity index (χ1) is 11.1. The van der Waals surface area contributed by atoms with E-state index in [1.165, 1.54) is 19.2 Å². The molecule has 1 aromatic heterocycles. The average molecular weight is 311 g/mol. The van der Waals surface area contributed by atoms with Gasteiger partial charge in [-0.05, 0) is 31.9 Å². The van der Waals surface area contributed by atoms with Crippen LogP contribution in [0.3, 0.4) is 0 Å². The Morgan fingerprint density at radius 1 is 1.22 bits per heavy atom. The zero-order valence-electron chi connectivity index (χ0n) is 13.2. The standard InChI is InChI=1S/C17H21N5O/c1-11(23)12-5-4-8-14(9-12)22-17-15(18)16(19-10-20-17)21-13-6-2-3-7-13/h4-5,8-10,13H,2-3,6-7,18H2,1H3,(H2,19,20,21,22). The zero-order chi connectivity index (χ0) is 16.2. The third kappa shape index (κ3) is 3.59. The molecule has 0 atom stereocenters. The van der Waals surface area contributed by atoms with Crippen molar-refractivity contribution in [2.75, 3.05) is 16.4 Å². The number of carbonyl (C=O) groups is 1. The lowest BCUT2D eigenvalue weighted by atomic mass is 10.1. The molecule has 1 heterocycles. The van der Waals surface area contributed by atoms with E-state index in [2.05, 4.69) is 20.6 Å². The number of hydrogen-bond acceptors (Lipinski definition) is 6. The van der Waals surface area contributed by atoms with E-state index < -0.39 is 0 Å². The lowest BCUT2D eigenvalue weighted by Gasteiger charge is -2.16. The number of ketones is 1. The Labute approximate surface area is 135 Å². The van der Waals surface area contributed by atoms with Gasteiger partial charge < -0.3 is 16.4 Å². The minimum Gasteiger partial charge on any atom is -0.393 e. The van der Waals surface area contributed by atoms with E-state index in [1.807, 2.05) is 12.1 Å². The maximum Gasteiger partial charge on any atom is 0.159 e. The van der Waals surface area contributed by atoms with Crippen molar-refractivity contribution in [3.63, 3.8) is 0 Å².